The summed E-state index contributed by atoms with van der Waals surface area (Å²) in [4.78, 5) is 23.2. The number of allylic oxidation sites excluding steroid dienone is 1. The summed E-state index contributed by atoms with van der Waals surface area (Å²) in [6.45, 7) is 0.822. The van der Waals surface area contributed by atoms with Gasteiger partial charge in [0, 0.05) is 18.7 Å². The molecule has 0 amide bonds. The van der Waals surface area contributed by atoms with Crippen molar-refractivity contribution in [3.63, 3.8) is 0 Å². The molecule has 1 aliphatic rings. The van der Waals surface area contributed by atoms with Gasteiger partial charge in [-0.3, -0.25) is 4.79 Å². The summed E-state index contributed by atoms with van der Waals surface area (Å²) in [5.41, 5.74) is 2.36. The smallest absolute Gasteiger partial charge is 0.307 e. The summed E-state index contributed by atoms with van der Waals surface area (Å²) < 4.78 is 0. The molecule has 1 aliphatic heterocycles. The second-order valence-corrected chi connectivity index (χ2v) is 4.04. The van der Waals surface area contributed by atoms with Crippen molar-refractivity contribution in [2.75, 3.05) is 11.4 Å². The summed E-state index contributed by atoms with van der Waals surface area (Å²) >= 11 is 0. The van der Waals surface area contributed by atoms with E-state index in [1.165, 1.54) is 0 Å². The van der Waals surface area contributed by atoms with E-state index in [2.05, 4.69) is 0 Å². The molecule has 1 aromatic rings. The summed E-state index contributed by atoms with van der Waals surface area (Å²) in [6, 6.07) is 7.26. The number of rotatable bonds is 3. The van der Waals surface area contributed by atoms with E-state index < -0.39 is 5.97 Å². The van der Waals surface area contributed by atoms with Crippen LogP contribution in [0.2, 0.25) is 0 Å². The van der Waals surface area contributed by atoms with Gasteiger partial charge in [-0.2, -0.15) is 0 Å². The third-order valence-electron chi connectivity index (χ3n) is 2.84. The highest BCUT2D eigenvalue weighted by Gasteiger charge is 2.19. The van der Waals surface area contributed by atoms with Crippen LogP contribution in [0.25, 0.3) is 0 Å². The average Bonchev–Trinajstić information content (AvgIpc) is 2.77. The summed E-state index contributed by atoms with van der Waals surface area (Å²) in [6.07, 6.45) is 1.75. The molecule has 1 aromatic carbocycles. The van der Waals surface area contributed by atoms with Gasteiger partial charge in [0.15, 0.2) is 0 Å². The van der Waals surface area contributed by atoms with Crippen LogP contribution in [0.15, 0.2) is 30.0 Å². The number of hydrogen-bond acceptors (Lipinski definition) is 3. The Morgan fingerprint density at radius 2 is 2.06 bits per heavy atom. The third kappa shape index (κ3) is 2.55. The van der Waals surface area contributed by atoms with Crippen LogP contribution in [-0.4, -0.2) is 23.6 Å². The Morgan fingerprint density at radius 3 is 2.65 bits per heavy atom. The van der Waals surface area contributed by atoms with Gasteiger partial charge >= 0.3 is 5.97 Å². The van der Waals surface area contributed by atoms with Gasteiger partial charge in [0.25, 0.3) is 0 Å². The average molecular weight is 231 g/mol. The normalized spacial score (nSPS) is 14.8. The van der Waals surface area contributed by atoms with E-state index in [0.29, 0.717) is 5.70 Å². The second kappa shape index (κ2) is 4.85. The van der Waals surface area contributed by atoms with Crippen LogP contribution in [0.3, 0.4) is 0 Å². The number of carbonyl (C=O) groups excluding carboxylic acids is 1. The van der Waals surface area contributed by atoms with Gasteiger partial charge in [-0.1, -0.05) is 12.1 Å². The van der Waals surface area contributed by atoms with E-state index in [1.54, 1.807) is 12.1 Å². The maximum atomic E-state index is 10.7. The van der Waals surface area contributed by atoms with Crippen molar-refractivity contribution in [3.05, 3.63) is 35.5 Å². The van der Waals surface area contributed by atoms with Gasteiger partial charge in [-0.25, -0.2) is 4.79 Å². The Labute approximate surface area is 99.2 Å². The van der Waals surface area contributed by atoms with Crippen LogP contribution in [0.5, 0.6) is 0 Å². The zero-order valence-corrected chi connectivity index (χ0v) is 9.35. The minimum atomic E-state index is -0.840. The van der Waals surface area contributed by atoms with Crippen LogP contribution in [-0.2, 0) is 16.0 Å². The first-order valence-electron chi connectivity index (χ1n) is 5.53. The first-order valence-corrected chi connectivity index (χ1v) is 5.53. The van der Waals surface area contributed by atoms with Gasteiger partial charge < -0.3 is 10.0 Å². The fourth-order valence-electron chi connectivity index (χ4n) is 2.03. The largest absolute Gasteiger partial charge is 0.481 e. The molecule has 0 aromatic heterocycles. The highest BCUT2D eigenvalue weighted by molar-refractivity contribution is 5.71. The number of nitrogens with zero attached hydrogens (tertiary/aromatic N) is 1. The SMILES string of the molecule is O=C=C1CCCN1c1ccc(CC(=O)O)cc1. The molecule has 0 spiro atoms. The molecule has 1 fully saturated rings. The maximum absolute atomic E-state index is 10.7. The van der Waals surface area contributed by atoms with Crippen molar-refractivity contribution in [3.8, 4) is 0 Å². The molecule has 4 nitrogen and oxygen atoms in total. The quantitative estimate of drug-likeness (QED) is 0.803. The topological polar surface area (TPSA) is 57.6 Å². The predicted octanol–water partition coefficient (Wildman–Crippen LogP) is 1.63. The van der Waals surface area contributed by atoms with E-state index in [4.69, 9.17) is 5.11 Å². The maximum Gasteiger partial charge on any atom is 0.307 e. The Hall–Kier alpha value is -2.06. The van der Waals surface area contributed by atoms with Crippen molar-refractivity contribution in [2.45, 2.75) is 19.3 Å². The fourth-order valence-corrected chi connectivity index (χ4v) is 2.03. The molecule has 17 heavy (non-hydrogen) atoms. The molecule has 2 rings (SSSR count). The Morgan fingerprint density at radius 1 is 1.35 bits per heavy atom. The molecule has 1 saturated heterocycles. The molecular formula is C13H13NO3. The first kappa shape index (κ1) is 11.4. The lowest BCUT2D eigenvalue weighted by Crippen LogP contribution is -2.16. The Balaban J connectivity index is 2.18. The molecule has 0 bridgehead atoms. The molecule has 0 aliphatic carbocycles. The Kier molecular flexibility index (Phi) is 3.26. The minimum Gasteiger partial charge on any atom is -0.481 e. The molecule has 0 unspecified atom stereocenters. The first-order chi connectivity index (χ1) is 8.20. The second-order valence-electron chi connectivity index (χ2n) is 4.04. The van der Waals surface area contributed by atoms with Crippen molar-refractivity contribution < 1.29 is 14.7 Å². The van der Waals surface area contributed by atoms with Crippen molar-refractivity contribution >= 4 is 17.6 Å². The third-order valence-corrected chi connectivity index (χ3v) is 2.84. The summed E-state index contributed by atoms with van der Waals surface area (Å²) in [7, 11) is 0. The minimum absolute atomic E-state index is 0.0245. The molecule has 1 heterocycles. The lowest BCUT2D eigenvalue weighted by Gasteiger charge is -2.17. The number of carbonyl (C=O) groups is 1. The zero-order chi connectivity index (χ0) is 12.3. The molecule has 0 radical (unpaired) electrons. The van der Waals surface area contributed by atoms with Crippen LogP contribution >= 0.6 is 0 Å². The lowest BCUT2D eigenvalue weighted by molar-refractivity contribution is -0.136. The van der Waals surface area contributed by atoms with Crippen LogP contribution in [0.1, 0.15) is 18.4 Å². The number of benzene rings is 1. The predicted molar refractivity (Wildman–Crippen MR) is 63.6 cm³/mol. The number of aliphatic carboxylic acids is 1. The Bertz CT molecular complexity index is 472. The van der Waals surface area contributed by atoms with Crippen LogP contribution < -0.4 is 4.90 Å². The highest BCUT2D eigenvalue weighted by Crippen LogP contribution is 2.26. The van der Waals surface area contributed by atoms with E-state index in [1.807, 2.05) is 23.0 Å². The molecule has 1 N–H and O–H groups in total. The van der Waals surface area contributed by atoms with Gasteiger partial charge in [0.05, 0.1) is 6.42 Å². The van der Waals surface area contributed by atoms with E-state index in [9.17, 15) is 9.59 Å². The van der Waals surface area contributed by atoms with Gasteiger partial charge in [0.2, 0.25) is 0 Å². The van der Waals surface area contributed by atoms with E-state index in [0.717, 1.165) is 30.6 Å². The lowest BCUT2D eigenvalue weighted by atomic mass is 10.1. The number of carboxylic acids is 1. The van der Waals surface area contributed by atoms with Crippen molar-refractivity contribution in [1.82, 2.24) is 0 Å². The van der Waals surface area contributed by atoms with Gasteiger partial charge in [-0.05, 0) is 24.1 Å². The monoisotopic (exact) mass is 231 g/mol. The highest BCUT2D eigenvalue weighted by atomic mass is 16.4. The standard InChI is InChI=1S/C13H13NO3/c15-9-12-2-1-7-14(12)11-5-3-10(4-6-11)8-13(16)17/h3-6H,1-2,7-8H2,(H,16,17). The molecule has 0 saturated carbocycles. The van der Waals surface area contributed by atoms with Crippen LogP contribution in [0.4, 0.5) is 5.69 Å². The molecular weight excluding hydrogens is 218 g/mol. The van der Waals surface area contributed by atoms with E-state index >= 15 is 0 Å². The molecule has 4 heteroatoms. The number of hydrogen-bond donors (Lipinski definition) is 1. The van der Waals surface area contributed by atoms with Crippen molar-refractivity contribution in [1.29, 1.82) is 0 Å². The summed E-state index contributed by atoms with van der Waals surface area (Å²) in [5.74, 6) is 1.12. The summed E-state index contributed by atoms with van der Waals surface area (Å²) in [5, 5.41) is 8.66. The zero-order valence-electron chi connectivity index (χ0n) is 9.35. The van der Waals surface area contributed by atoms with E-state index in [-0.39, 0.29) is 6.42 Å². The van der Waals surface area contributed by atoms with Crippen LogP contribution in [0, 0.1) is 0 Å². The fraction of sp³-hybridized carbons (Fsp3) is 0.308. The number of carboxylic acid groups (broad SMARTS) is 1. The molecule has 0 atom stereocenters. The van der Waals surface area contributed by atoms with Gasteiger partial charge in [0.1, 0.15) is 11.6 Å². The van der Waals surface area contributed by atoms with Gasteiger partial charge in [-0.15, -0.1) is 0 Å². The molecule has 88 valence electrons. The van der Waals surface area contributed by atoms with Crippen molar-refractivity contribution in [2.24, 2.45) is 0 Å². The number of anilines is 1.